The van der Waals surface area contributed by atoms with Crippen LogP contribution in [0.3, 0.4) is 0 Å². The van der Waals surface area contributed by atoms with Crippen LogP contribution in [0, 0.1) is 0 Å². The van der Waals surface area contributed by atoms with Gasteiger partial charge in [-0.2, -0.15) is 0 Å². The van der Waals surface area contributed by atoms with Crippen molar-refractivity contribution in [1.29, 1.82) is 0 Å². The number of phenols is 1. The van der Waals surface area contributed by atoms with Gasteiger partial charge < -0.3 is 29.7 Å². The lowest BCUT2D eigenvalue weighted by molar-refractivity contribution is -0.142. The van der Waals surface area contributed by atoms with Gasteiger partial charge in [-0.25, -0.2) is 4.79 Å². The lowest BCUT2D eigenvalue weighted by atomic mass is 10.1. The molecule has 0 spiro atoms. The maximum Gasteiger partial charge on any atom is 0.328 e. The first kappa shape index (κ1) is 33.1. The van der Waals surface area contributed by atoms with Crippen molar-refractivity contribution in [3.63, 3.8) is 0 Å². The van der Waals surface area contributed by atoms with E-state index < -0.39 is 23.7 Å². The van der Waals surface area contributed by atoms with Gasteiger partial charge in [-0.15, -0.1) is 24.8 Å². The molecule has 0 radical (unpaired) electrons. The predicted octanol–water partition coefficient (Wildman–Crippen LogP) is 4.07. The number of rotatable bonds is 10. The molecule has 1 fully saturated rings. The molecule has 0 saturated carbocycles. The van der Waals surface area contributed by atoms with E-state index in [1.165, 1.54) is 13.2 Å². The highest BCUT2D eigenvalue weighted by molar-refractivity contribution is 6.39. The molecule has 1 amide bonds. The van der Waals surface area contributed by atoms with Gasteiger partial charge in [0.25, 0.3) is 5.91 Å². The number of nitrogens with zero attached hydrogens (tertiary/aromatic N) is 2. The summed E-state index contributed by atoms with van der Waals surface area (Å²) in [6.07, 6.45) is 0.982. The highest BCUT2D eigenvalue weighted by atomic mass is 35.5. The summed E-state index contributed by atoms with van der Waals surface area (Å²) in [6.45, 7) is 5.35. The van der Waals surface area contributed by atoms with Crippen LogP contribution in [0.5, 0.6) is 11.5 Å². The quantitative estimate of drug-likeness (QED) is 0.315. The minimum atomic E-state index is -0.961. The second-order valence-electron chi connectivity index (χ2n) is 8.48. The van der Waals surface area contributed by atoms with Crippen molar-refractivity contribution in [2.45, 2.75) is 18.9 Å². The van der Waals surface area contributed by atoms with E-state index in [1.54, 1.807) is 0 Å². The molecule has 1 aliphatic heterocycles. The standard InChI is InChI=1S/C25H31Cl2N3O5.2ClH/c1-29-10-12-30(13-11-29)9-6-14-35-23-19(26)16-18(22(31)21(23)27)24(32)28-20(25(33)34-2)15-17-7-4-3-5-8-17;;/h3-5,7-8,16,20,31H,6,9-15H2,1-2H3,(H,28,32);2*1H/t20-;;/m0../s1. The Morgan fingerprint density at radius 2 is 1.76 bits per heavy atom. The number of aromatic hydroxyl groups is 1. The number of likely N-dealkylation sites (N-methyl/N-ethyl adjacent to an activating group) is 1. The fourth-order valence-corrected chi connectivity index (χ4v) is 4.42. The molecular formula is C25H33Cl4N3O5. The number of ether oxygens (including phenoxy) is 2. The van der Waals surface area contributed by atoms with Crippen LogP contribution in [0.4, 0.5) is 0 Å². The number of halogens is 4. The third-order valence-electron chi connectivity index (χ3n) is 5.93. The number of esters is 1. The molecule has 37 heavy (non-hydrogen) atoms. The van der Waals surface area contributed by atoms with Crippen LogP contribution >= 0.6 is 48.0 Å². The van der Waals surface area contributed by atoms with E-state index in [2.05, 4.69) is 22.2 Å². The van der Waals surface area contributed by atoms with Crippen LogP contribution in [-0.2, 0) is 16.0 Å². The van der Waals surface area contributed by atoms with Gasteiger partial charge in [-0.1, -0.05) is 53.5 Å². The normalized spacial score (nSPS) is 14.6. The summed E-state index contributed by atoms with van der Waals surface area (Å²) in [7, 11) is 3.35. The molecular weight excluding hydrogens is 564 g/mol. The largest absolute Gasteiger partial charge is 0.505 e. The molecule has 0 aromatic heterocycles. The number of benzene rings is 2. The third kappa shape index (κ3) is 9.39. The molecule has 0 unspecified atom stereocenters. The van der Waals surface area contributed by atoms with Crippen LogP contribution in [0.2, 0.25) is 10.0 Å². The number of methoxy groups -OCH3 is 1. The predicted molar refractivity (Wildman–Crippen MR) is 150 cm³/mol. The molecule has 1 heterocycles. The molecule has 1 atom stereocenters. The molecule has 3 rings (SSSR count). The summed E-state index contributed by atoms with van der Waals surface area (Å²) >= 11 is 12.6. The van der Waals surface area contributed by atoms with E-state index >= 15 is 0 Å². The van der Waals surface area contributed by atoms with Crippen LogP contribution < -0.4 is 10.1 Å². The van der Waals surface area contributed by atoms with E-state index in [9.17, 15) is 14.7 Å². The van der Waals surface area contributed by atoms with Gasteiger partial charge in [0.15, 0.2) is 11.5 Å². The van der Waals surface area contributed by atoms with Gasteiger partial charge in [0.05, 0.1) is 24.3 Å². The van der Waals surface area contributed by atoms with Gasteiger partial charge in [0.2, 0.25) is 0 Å². The molecule has 2 aromatic carbocycles. The lowest BCUT2D eigenvalue weighted by Gasteiger charge is -2.32. The molecule has 1 saturated heterocycles. The van der Waals surface area contributed by atoms with Crippen LogP contribution in [0.25, 0.3) is 0 Å². The van der Waals surface area contributed by atoms with E-state index in [0.29, 0.717) is 6.61 Å². The van der Waals surface area contributed by atoms with Gasteiger partial charge >= 0.3 is 5.97 Å². The van der Waals surface area contributed by atoms with E-state index in [1.807, 2.05) is 30.3 Å². The highest BCUT2D eigenvalue weighted by Crippen LogP contribution is 2.42. The number of carbonyl (C=O) groups excluding carboxylic acids is 2. The molecule has 8 nitrogen and oxygen atoms in total. The van der Waals surface area contributed by atoms with Crippen molar-refractivity contribution < 1.29 is 24.2 Å². The van der Waals surface area contributed by atoms with E-state index in [4.69, 9.17) is 32.7 Å². The van der Waals surface area contributed by atoms with Crippen LogP contribution in [-0.4, -0.2) is 86.3 Å². The second kappa shape index (κ2) is 16.1. The Bertz CT molecular complexity index is 1020. The van der Waals surface area contributed by atoms with Crippen molar-refractivity contribution in [1.82, 2.24) is 15.1 Å². The summed E-state index contributed by atoms with van der Waals surface area (Å²) in [4.78, 5) is 29.8. The Morgan fingerprint density at radius 3 is 2.38 bits per heavy atom. The average molecular weight is 597 g/mol. The van der Waals surface area contributed by atoms with Gasteiger partial charge in [0, 0.05) is 39.1 Å². The molecule has 206 valence electrons. The topological polar surface area (TPSA) is 91.3 Å². The summed E-state index contributed by atoms with van der Waals surface area (Å²) in [5.41, 5.74) is 0.676. The number of phenolic OH excluding ortho intramolecular Hbond substituents is 1. The highest BCUT2D eigenvalue weighted by Gasteiger charge is 2.27. The monoisotopic (exact) mass is 595 g/mol. The minimum absolute atomic E-state index is 0. The second-order valence-corrected chi connectivity index (χ2v) is 9.27. The Balaban J connectivity index is 0.00000342. The Hall–Kier alpha value is -1.94. The van der Waals surface area contributed by atoms with Crippen LogP contribution in [0.15, 0.2) is 36.4 Å². The number of nitrogens with one attached hydrogen (secondary N) is 1. The third-order valence-corrected chi connectivity index (χ3v) is 6.56. The number of hydrogen-bond acceptors (Lipinski definition) is 7. The first-order chi connectivity index (χ1) is 16.8. The van der Waals surface area contributed by atoms with Gasteiger partial charge in [-0.3, -0.25) is 4.79 Å². The van der Waals surface area contributed by atoms with Gasteiger partial charge in [-0.05, 0) is 25.1 Å². The fourth-order valence-electron chi connectivity index (χ4n) is 3.85. The zero-order chi connectivity index (χ0) is 25.4. The summed E-state index contributed by atoms with van der Waals surface area (Å²) in [6, 6.07) is 9.52. The maximum atomic E-state index is 12.9. The van der Waals surface area contributed by atoms with E-state index in [-0.39, 0.29) is 52.6 Å². The zero-order valence-corrected chi connectivity index (χ0v) is 23.9. The number of amides is 1. The Kier molecular flexibility index (Phi) is 14.4. The van der Waals surface area contributed by atoms with Crippen molar-refractivity contribution in [2.24, 2.45) is 0 Å². The summed E-state index contributed by atoms with van der Waals surface area (Å²) in [5, 5.41) is 13.1. The summed E-state index contributed by atoms with van der Waals surface area (Å²) < 4.78 is 10.6. The molecule has 2 aromatic rings. The van der Waals surface area contributed by atoms with Crippen LogP contribution in [0.1, 0.15) is 22.3 Å². The number of hydrogen-bond donors (Lipinski definition) is 2. The first-order valence-corrected chi connectivity index (χ1v) is 12.2. The minimum Gasteiger partial charge on any atom is -0.505 e. The lowest BCUT2D eigenvalue weighted by Crippen LogP contribution is -2.44. The Labute approximate surface area is 240 Å². The number of carbonyl (C=O) groups is 2. The van der Waals surface area contributed by atoms with Crippen molar-refractivity contribution in [3.8, 4) is 11.5 Å². The molecule has 0 bridgehead atoms. The maximum absolute atomic E-state index is 12.9. The Morgan fingerprint density at radius 1 is 1.11 bits per heavy atom. The average Bonchev–Trinajstić information content (AvgIpc) is 2.86. The molecule has 2 N–H and O–H groups in total. The van der Waals surface area contributed by atoms with Gasteiger partial charge in [0.1, 0.15) is 11.1 Å². The molecule has 12 heteroatoms. The fraction of sp³-hybridized carbons (Fsp3) is 0.440. The number of piperazine rings is 1. The van der Waals surface area contributed by atoms with Crippen molar-refractivity contribution in [3.05, 3.63) is 57.6 Å². The summed E-state index contributed by atoms with van der Waals surface area (Å²) in [5.74, 6) is -1.67. The van der Waals surface area contributed by atoms with Crippen molar-refractivity contribution in [2.75, 3.05) is 53.5 Å². The first-order valence-electron chi connectivity index (χ1n) is 11.5. The van der Waals surface area contributed by atoms with Crippen molar-refractivity contribution >= 4 is 59.9 Å². The smallest absolute Gasteiger partial charge is 0.328 e. The molecule has 1 aliphatic rings. The SMILES string of the molecule is COC(=O)[C@H](Cc1ccccc1)NC(=O)c1cc(Cl)c(OCCCN2CCN(C)CC2)c(Cl)c1O.Cl.Cl. The zero-order valence-electron chi connectivity index (χ0n) is 20.7. The molecule has 0 aliphatic carbocycles. The van der Waals surface area contributed by atoms with E-state index in [0.717, 1.165) is 44.7 Å².